The summed E-state index contributed by atoms with van der Waals surface area (Å²) in [7, 11) is 0. The Bertz CT molecular complexity index is 843. The number of pyridine rings is 1. The summed E-state index contributed by atoms with van der Waals surface area (Å²) in [5.74, 6) is -0.0271. The van der Waals surface area contributed by atoms with Crippen molar-refractivity contribution in [3.05, 3.63) is 51.2 Å². The van der Waals surface area contributed by atoms with Gasteiger partial charge in [-0.1, -0.05) is 29.4 Å². The van der Waals surface area contributed by atoms with Crippen molar-refractivity contribution in [1.29, 1.82) is 5.26 Å². The van der Waals surface area contributed by atoms with Crippen LogP contribution in [0, 0.1) is 39.0 Å². The molecule has 1 aromatic heterocycles. The number of nitrogens with one attached hydrogen (secondary N) is 1. The first kappa shape index (κ1) is 18.3. The predicted molar refractivity (Wildman–Crippen MR) is 98.7 cm³/mol. The number of amides is 1. The molecule has 0 aliphatic heterocycles. The first-order valence-corrected chi connectivity index (χ1v) is 8.76. The molecule has 1 aromatic carbocycles. The second-order valence-electron chi connectivity index (χ2n) is 5.56. The van der Waals surface area contributed by atoms with Crippen molar-refractivity contribution in [3.8, 4) is 6.07 Å². The van der Waals surface area contributed by atoms with E-state index >= 15 is 0 Å². The standard InChI is InChI=1S/C18H18ClN3OS/c1-10-5-6-16(15(19)7-10)22-17(23)9-24-18-14(8-20)12(3)11(2)13(4)21-18/h5-7H,9H2,1-4H3,(H,22,23). The van der Waals surface area contributed by atoms with Gasteiger partial charge in [-0.05, 0) is 56.5 Å². The number of hydrogen-bond donors (Lipinski definition) is 1. The molecule has 0 atom stereocenters. The van der Waals surface area contributed by atoms with Gasteiger partial charge in [0.2, 0.25) is 5.91 Å². The van der Waals surface area contributed by atoms with Crippen molar-refractivity contribution in [2.75, 3.05) is 11.1 Å². The summed E-state index contributed by atoms with van der Waals surface area (Å²) in [6.07, 6.45) is 0. The molecule has 1 amide bonds. The van der Waals surface area contributed by atoms with Crippen LogP contribution in [0.2, 0.25) is 5.02 Å². The molecule has 2 rings (SSSR count). The van der Waals surface area contributed by atoms with E-state index in [0.717, 1.165) is 22.4 Å². The number of carbonyl (C=O) groups excluding carboxylic acids is 1. The van der Waals surface area contributed by atoms with Crippen molar-refractivity contribution in [1.82, 2.24) is 4.98 Å². The number of nitrogens with zero attached hydrogens (tertiary/aromatic N) is 2. The average Bonchev–Trinajstić information content (AvgIpc) is 2.53. The number of benzene rings is 1. The summed E-state index contributed by atoms with van der Waals surface area (Å²) in [6, 6.07) is 7.65. The van der Waals surface area contributed by atoms with Crippen LogP contribution < -0.4 is 5.32 Å². The minimum Gasteiger partial charge on any atom is -0.324 e. The summed E-state index contributed by atoms with van der Waals surface area (Å²) in [4.78, 5) is 16.6. The van der Waals surface area contributed by atoms with Crippen LogP contribution >= 0.6 is 23.4 Å². The Kier molecular flexibility index (Phi) is 5.87. The third-order valence-corrected chi connectivity index (χ3v) is 5.10. The zero-order chi connectivity index (χ0) is 17.9. The Morgan fingerprint density at radius 3 is 2.62 bits per heavy atom. The minimum atomic E-state index is -0.188. The molecular weight excluding hydrogens is 342 g/mol. The molecule has 0 radical (unpaired) electrons. The van der Waals surface area contributed by atoms with Crippen LogP contribution in [0.25, 0.3) is 0 Å². The minimum absolute atomic E-state index is 0.161. The van der Waals surface area contributed by atoms with Crippen LogP contribution in [0.5, 0.6) is 0 Å². The van der Waals surface area contributed by atoms with Crippen LogP contribution in [0.15, 0.2) is 23.2 Å². The van der Waals surface area contributed by atoms with E-state index in [-0.39, 0.29) is 11.7 Å². The number of aromatic nitrogens is 1. The first-order valence-electron chi connectivity index (χ1n) is 7.40. The fraction of sp³-hybridized carbons (Fsp3) is 0.278. The van der Waals surface area contributed by atoms with Gasteiger partial charge in [0.25, 0.3) is 0 Å². The highest BCUT2D eigenvalue weighted by molar-refractivity contribution is 8.00. The van der Waals surface area contributed by atoms with Crippen LogP contribution in [0.4, 0.5) is 5.69 Å². The van der Waals surface area contributed by atoms with Crippen LogP contribution in [0.3, 0.4) is 0 Å². The molecule has 0 aliphatic rings. The molecular formula is C18H18ClN3OS. The van der Waals surface area contributed by atoms with Gasteiger partial charge >= 0.3 is 0 Å². The molecule has 1 heterocycles. The lowest BCUT2D eigenvalue weighted by Gasteiger charge is -2.11. The number of hydrogen-bond acceptors (Lipinski definition) is 4. The number of halogens is 1. The van der Waals surface area contributed by atoms with Gasteiger partial charge in [0, 0.05) is 5.69 Å². The molecule has 124 valence electrons. The van der Waals surface area contributed by atoms with Gasteiger partial charge in [0.05, 0.1) is 22.0 Å². The average molecular weight is 360 g/mol. The fourth-order valence-corrected chi connectivity index (χ4v) is 3.36. The molecule has 2 aromatic rings. The van der Waals surface area contributed by atoms with E-state index in [2.05, 4.69) is 16.4 Å². The number of nitriles is 1. The second kappa shape index (κ2) is 7.69. The lowest BCUT2D eigenvalue weighted by molar-refractivity contribution is -0.113. The third-order valence-electron chi connectivity index (χ3n) is 3.81. The van der Waals surface area contributed by atoms with Crippen molar-refractivity contribution in [2.45, 2.75) is 32.7 Å². The Hall–Kier alpha value is -2.03. The van der Waals surface area contributed by atoms with Gasteiger partial charge in [-0.3, -0.25) is 4.79 Å². The topological polar surface area (TPSA) is 65.8 Å². The van der Waals surface area contributed by atoms with Crippen LogP contribution in [-0.4, -0.2) is 16.6 Å². The van der Waals surface area contributed by atoms with E-state index in [9.17, 15) is 10.1 Å². The fourth-order valence-electron chi connectivity index (χ4n) is 2.19. The molecule has 0 saturated carbocycles. The summed E-state index contributed by atoms with van der Waals surface area (Å²) in [6.45, 7) is 7.68. The van der Waals surface area contributed by atoms with E-state index in [1.165, 1.54) is 11.8 Å². The van der Waals surface area contributed by atoms with Gasteiger partial charge in [0.15, 0.2) is 0 Å². The molecule has 0 unspecified atom stereocenters. The van der Waals surface area contributed by atoms with E-state index in [1.54, 1.807) is 12.1 Å². The van der Waals surface area contributed by atoms with E-state index in [1.807, 2.05) is 33.8 Å². The maximum atomic E-state index is 12.2. The quantitative estimate of drug-likeness (QED) is 0.812. The Morgan fingerprint density at radius 1 is 1.29 bits per heavy atom. The summed E-state index contributed by atoms with van der Waals surface area (Å²) < 4.78 is 0. The van der Waals surface area contributed by atoms with E-state index in [0.29, 0.717) is 21.3 Å². The Balaban J connectivity index is 2.11. The van der Waals surface area contributed by atoms with Gasteiger partial charge in [0.1, 0.15) is 11.1 Å². The molecule has 0 saturated heterocycles. The maximum Gasteiger partial charge on any atom is 0.234 e. The lowest BCUT2D eigenvalue weighted by Crippen LogP contribution is -2.15. The monoisotopic (exact) mass is 359 g/mol. The molecule has 6 heteroatoms. The lowest BCUT2D eigenvalue weighted by atomic mass is 10.1. The van der Waals surface area contributed by atoms with Gasteiger partial charge in [-0.15, -0.1) is 0 Å². The maximum absolute atomic E-state index is 12.2. The van der Waals surface area contributed by atoms with Crippen LogP contribution in [0.1, 0.15) is 27.9 Å². The van der Waals surface area contributed by atoms with E-state index in [4.69, 9.17) is 11.6 Å². The molecule has 0 spiro atoms. The highest BCUT2D eigenvalue weighted by Gasteiger charge is 2.14. The second-order valence-corrected chi connectivity index (χ2v) is 6.93. The molecule has 0 fully saturated rings. The zero-order valence-corrected chi connectivity index (χ0v) is 15.6. The third kappa shape index (κ3) is 4.08. The van der Waals surface area contributed by atoms with Crippen LogP contribution in [-0.2, 0) is 4.79 Å². The highest BCUT2D eigenvalue weighted by atomic mass is 35.5. The van der Waals surface area contributed by atoms with Crippen molar-refractivity contribution >= 4 is 35.0 Å². The van der Waals surface area contributed by atoms with Gasteiger partial charge < -0.3 is 5.32 Å². The number of thioether (sulfide) groups is 1. The van der Waals surface area contributed by atoms with Crippen molar-refractivity contribution in [3.63, 3.8) is 0 Å². The van der Waals surface area contributed by atoms with E-state index < -0.39 is 0 Å². The number of rotatable bonds is 4. The SMILES string of the molecule is Cc1ccc(NC(=O)CSc2nc(C)c(C)c(C)c2C#N)c(Cl)c1. The molecule has 24 heavy (non-hydrogen) atoms. The molecule has 0 bridgehead atoms. The number of carbonyl (C=O) groups is 1. The largest absolute Gasteiger partial charge is 0.324 e. The molecule has 0 aliphatic carbocycles. The predicted octanol–water partition coefficient (Wildman–Crippen LogP) is 4.57. The summed E-state index contributed by atoms with van der Waals surface area (Å²) >= 11 is 7.38. The smallest absolute Gasteiger partial charge is 0.234 e. The van der Waals surface area contributed by atoms with Crippen molar-refractivity contribution < 1.29 is 4.79 Å². The van der Waals surface area contributed by atoms with Crippen molar-refractivity contribution in [2.24, 2.45) is 0 Å². The van der Waals surface area contributed by atoms with Gasteiger partial charge in [-0.25, -0.2) is 4.98 Å². The summed E-state index contributed by atoms with van der Waals surface area (Å²) in [5, 5.41) is 13.2. The molecule has 1 N–H and O–H groups in total. The Morgan fingerprint density at radius 2 is 2.00 bits per heavy atom. The first-order chi connectivity index (χ1) is 11.3. The number of anilines is 1. The van der Waals surface area contributed by atoms with Gasteiger partial charge in [-0.2, -0.15) is 5.26 Å². The zero-order valence-electron chi connectivity index (χ0n) is 14.0. The molecule has 4 nitrogen and oxygen atoms in total. The Labute approximate surface area is 151 Å². The number of aryl methyl sites for hydroxylation is 2. The highest BCUT2D eigenvalue weighted by Crippen LogP contribution is 2.27. The normalized spacial score (nSPS) is 10.3. The summed E-state index contributed by atoms with van der Waals surface area (Å²) in [5.41, 5.74) is 4.93.